The lowest BCUT2D eigenvalue weighted by molar-refractivity contribution is 0.411. The lowest BCUT2D eigenvalue weighted by atomic mass is 10.1. The van der Waals surface area contributed by atoms with Gasteiger partial charge in [-0.3, -0.25) is 0 Å². The quantitative estimate of drug-likeness (QED) is 0.702. The molecule has 0 spiro atoms. The molecule has 0 atom stereocenters. The van der Waals surface area contributed by atoms with Crippen molar-refractivity contribution in [3.63, 3.8) is 0 Å². The molecule has 2 nitrogen and oxygen atoms in total. The number of ether oxygens (including phenoxy) is 1. The summed E-state index contributed by atoms with van der Waals surface area (Å²) in [5.74, 6) is 1.13. The highest BCUT2D eigenvalue weighted by molar-refractivity contribution is 5.39. The van der Waals surface area contributed by atoms with E-state index in [1.165, 1.54) is 0 Å². The molecule has 1 aromatic carbocycles. The molecule has 0 aliphatic heterocycles. The number of phenols is 1. The number of hydrogen-bond donors (Lipinski definition) is 1. The van der Waals surface area contributed by atoms with E-state index in [4.69, 9.17) is 4.74 Å². The molecule has 0 aliphatic carbocycles. The summed E-state index contributed by atoms with van der Waals surface area (Å²) in [7, 11) is 1.62. The Morgan fingerprint density at radius 2 is 2.18 bits per heavy atom. The smallest absolute Gasteiger partial charge is 0.119 e. The molecule has 0 saturated heterocycles. The largest absolute Gasteiger partial charge is 0.508 e. The number of aromatic hydroxyl groups is 1. The van der Waals surface area contributed by atoms with Gasteiger partial charge in [0.2, 0.25) is 0 Å². The van der Waals surface area contributed by atoms with Gasteiger partial charge < -0.3 is 9.84 Å². The molecule has 0 fully saturated rings. The predicted molar refractivity (Wildman–Crippen MR) is 44.0 cm³/mol. The van der Waals surface area contributed by atoms with Crippen LogP contribution in [0.4, 0.5) is 0 Å². The van der Waals surface area contributed by atoms with Crippen LogP contribution in [-0.2, 0) is 6.42 Å². The van der Waals surface area contributed by atoms with Crippen molar-refractivity contribution in [2.24, 2.45) is 0 Å². The first-order chi connectivity index (χ1) is 5.27. The van der Waals surface area contributed by atoms with Crippen LogP contribution in [0, 0.1) is 0 Å². The zero-order valence-corrected chi connectivity index (χ0v) is 6.79. The van der Waals surface area contributed by atoms with E-state index in [1.54, 1.807) is 19.2 Å². The second kappa shape index (κ2) is 3.28. The van der Waals surface area contributed by atoms with Crippen molar-refractivity contribution in [3.05, 3.63) is 23.8 Å². The summed E-state index contributed by atoms with van der Waals surface area (Å²) < 4.78 is 5.00. The Labute approximate surface area is 66.4 Å². The highest BCUT2D eigenvalue weighted by Gasteiger charge is 1.99. The summed E-state index contributed by atoms with van der Waals surface area (Å²) in [5.41, 5.74) is 0.921. The lowest BCUT2D eigenvalue weighted by Crippen LogP contribution is -1.85. The van der Waals surface area contributed by atoms with Crippen molar-refractivity contribution < 1.29 is 9.84 Å². The van der Waals surface area contributed by atoms with Gasteiger partial charge in [0.25, 0.3) is 0 Å². The Balaban J connectivity index is 3.02. The van der Waals surface area contributed by atoms with Crippen LogP contribution in [0.3, 0.4) is 0 Å². The topological polar surface area (TPSA) is 29.5 Å². The third-order valence-corrected chi connectivity index (χ3v) is 1.67. The van der Waals surface area contributed by atoms with E-state index >= 15 is 0 Å². The van der Waals surface area contributed by atoms with Crippen LogP contribution in [0.2, 0.25) is 0 Å². The number of aryl methyl sites for hydroxylation is 1. The Morgan fingerprint density at radius 1 is 1.45 bits per heavy atom. The van der Waals surface area contributed by atoms with Gasteiger partial charge in [-0.1, -0.05) is 6.92 Å². The van der Waals surface area contributed by atoms with E-state index in [9.17, 15) is 5.11 Å². The molecular weight excluding hydrogens is 140 g/mol. The maximum absolute atomic E-state index is 9.27. The van der Waals surface area contributed by atoms with Crippen molar-refractivity contribution in [2.45, 2.75) is 13.3 Å². The standard InChI is InChI=1S/C9H12O2/c1-3-7-6-8(11-2)4-5-9(7)10/h4-6,10H,3H2,1-2H3. The van der Waals surface area contributed by atoms with Crippen molar-refractivity contribution in [1.29, 1.82) is 0 Å². The third-order valence-electron chi connectivity index (χ3n) is 1.67. The van der Waals surface area contributed by atoms with Crippen LogP contribution in [0.1, 0.15) is 12.5 Å². The zero-order valence-electron chi connectivity index (χ0n) is 6.79. The number of rotatable bonds is 2. The van der Waals surface area contributed by atoms with Crippen LogP contribution in [0.15, 0.2) is 18.2 Å². The molecule has 60 valence electrons. The van der Waals surface area contributed by atoms with Crippen LogP contribution < -0.4 is 4.74 Å². The van der Waals surface area contributed by atoms with Gasteiger partial charge in [-0.15, -0.1) is 0 Å². The second-order valence-corrected chi connectivity index (χ2v) is 2.35. The minimum Gasteiger partial charge on any atom is -0.508 e. The highest BCUT2D eigenvalue weighted by atomic mass is 16.5. The van der Waals surface area contributed by atoms with E-state index in [0.29, 0.717) is 5.75 Å². The van der Waals surface area contributed by atoms with Gasteiger partial charge in [0.15, 0.2) is 0 Å². The Morgan fingerprint density at radius 3 is 2.73 bits per heavy atom. The number of phenolic OH excluding ortho intramolecular Hbond substituents is 1. The van der Waals surface area contributed by atoms with Crippen molar-refractivity contribution >= 4 is 0 Å². The average Bonchev–Trinajstić information content (AvgIpc) is 2.05. The summed E-state index contributed by atoms with van der Waals surface area (Å²) in [4.78, 5) is 0. The van der Waals surface area contributed by atoms with Gasteiger partial charge in [0.05, 0.1) is 7.11 Å². The fourth-order valence-corrected chi connectivity index (χ4v) is 0.972. The zero-order chi connectivity index (χ0) is 8.27. The molecule has 1 N–H and O–H groups in total. The van der Waals surface area contributed by atoms with Crippen LogP contribution in [-0.4, -0.2) is 12.2 Å². The molecule has 0 amide bonds. The molecule has 1 aromatic rings. The molecule has 0 aliphatic rings. The Kier molecular flexibility index (Phi) is 2.36. The molecule has 0 aromatic heterocycles. The van der Waals surface area contributed by atoms with Gasteiger partial charge in [-0.05, 0) is 30.2 Å². The summed E-state index contributed by atoms with van der Waals surface area (Å²) >= 11 is 0. The summed E-state index contributed by atoms with van der Waals surface area (Å²) in [5, 5.41) is 9.27. The van der Waals surface area contributed by atoms with E-state index in [2.05, 4.69) is 0 Å². The van der Waals surface area contributed by atoms with Gasteiger partial charge in [-0.2, -0.15) is 0 Å². The summed E-state index contributed by atoms with van der Waals surface area (Å²) in [6.07, 6.45) is 0.822. The second-order valence-electron chi connectivity index (χ2n) is 2.35. The third kappa shape index (κ3) is 1.64. The molecule has 0 bridgehead atoms. The summed E-state index contributed by atoms with van der Waals surface area (Å²) in [6, 6.07) is 5.24. The molecule has 2 heteroatoms. The van der Waals surface area contributed by atoms with Crippen molar-refractivity contribution in [2.75, 3.05) is 7.11 Å². The fourth-order valence-electron chi connectivity index (χ4n) is 0.972. The highest BCUT2D eigenvalue weighted by Crippen LogP contribution is 2.22. The van der Waals surface area contributed by atoms with Crippen LogP contribution in [0.25, 0.3) is 0 Å². The normalized spacial score (nSPS) is 9.64. The van der Waals surface area contributed by atoms with E-state index in [1.807, 2.05) is 13.0 Å². The first kappa shape index (κ1) is 7.92. The van der Waals surface area contributed by atoms with E-state index in [0.717, 1.165) is 17.7 Å². The first-order valence-corrected chi connectivity index (χ1v) is 3.63. The first-order valence-electron chi connectivity index (χ1n) is 3.63. The number of benzene rings is 1. The van der Waals surface area contributed by atoms with Gasteiger partial charge in [0.1, 0.15) is 11.5 Å². The Bertz CT molecular complexity index is 243. The fraction of sp³-hybridized carbons (Fsp3) is 0.333. The lowest BCUT2D eigenvalue weighted by Gasteiger charge is -2.03. The number of hydrogen-bond acceptors (Lipinski definition) is 2. The van der Waals surface area contributed by atoms with Crippen molar-refractivity contribution in [1.82, 2.24) is 0 Å². The maximum atomic E-state index is 9.27. The van der Waals surface area contributed by atoms with Crippen LogP contribution >= 0.6 is 0 Å². The average molecular weight is 152 g/mol. The molecule has 11 heavy (non-hydrogen) atoms. The SMILES string of the molecule is CCc1cc(OC)ccc1O. The van der Waals surface area contributed by atoms with E-state index < -0.39 is 0 Å². The predicted octanol–water partition coefficient (Wildman–Crippen LogP) is 1.96. The molecular formula is C9H12O2. The summed E-state index contributed by atoms with van der Waals surface area (Å²) in [6.45, 7) is 1.99. The van der Waals surface area contributed by atoms with Crippen molar-refractivity contribution in [3.8, 4) is 11.5 Å². The van der Waals surface area contributed by atoms with Gasteiger partial charge in [0, 0.05) is 0 Å². The Hall–Kier alpha value is -1.18. The molecule has 0 saturated carbocycles. The maximum Gasteiger partial charge on any atom is 0.119 e. The molecule has 0 unspecified atom stereocenters. The monoisotopic (exact) mass is 152 g/mol. The molecule has 0 radical (unpaired) electrons. The minimum atomic E-state index is 0.341. The molecule has 1 rings (SSSR count). The molecule has 0 heterocycles. The number of methoxy groups -OCH3 is 1. The van der Waals surface area contributed by atoms with Crippen LogP contribution in [0.5, 0.6) is 11.5 Å². The van der Waals surface area contributed by atoms with E-state index in [-0.39, 0.29) is 0 Å². The minimum absolute atomic E-state index is 0.341. The van der Waals surface area contributed by atoms with Gasteiger partial charge in [-0.25, -0.2) is 0 Å². The van der Waals surface area contributed by atoms with Gasteiger partial charge >= 0.3 is 0 Å².